The van der Waals surface area contributed by atoms with Crippen molar-refractivity contribution in [3.63, 3.8) is 0 Å². The minimum Gasteiger partial charge on any atom is -0.363 e. The highest BCUT2D eigenvalue weighted by Crippen LogP contribution is 2.36. The number of imide groups is 1. The van der Waals surface area contributed by atoms with Gasteiger partial charge in [0.2, 0.25) is 5.95 Å². The van der Waals surface area contributed by atoms with Crippen molar-refractivity contribution in [3.05, 3.63) is 89.6 Å². The predicted octanol–water partition coefficient (Wildman–Crippen LogP) is 3.03. The van der Waals surface area contributed by atoms with Gasteiger partial charge in [0.05, 0.1) is 11.3 Å². The second kappa shape index (κ2) is 8.46. The number of aromatic nitrogens is 2. The van der Waals surface area contributed by atoms with Crippen molar-refractivity contribution in [1.82, 2.24) is 14.9 Å². The summed E-state index contributed by atoms with van der Waals surface area (Å²) in [4.78, 5) is 40.6. The molecular formula is C25H22FN5O2. The van der Waals surface area contributed by atoms with E-state index in [1.165, 1.54) is 18.2 Å². The summed E-state index contributed by atoms with van der Waals surface area (Å²) in [5, 5.41) is 0. The Morgan fingerprint density at radius 1 is 0.788 bits per heavy atom. The lowest BCUT2D eigenvalue weighted by Gasteiger charge is -2.36. The zero-order chi connectivity index (χ0) is 22.9. The van der Waals surface area contributed by atoms with E-state index in [1.54, 1.807) is 24.5 Å². The smallest absolute Gasteiger partial charge is 0.282 e. The van der Waals surface area contributed by atoms with E-state index in [2.05, 4.69) is 9.97 Å². The predicted molar refractivity (Wildman–Crippen MR) is 123 cm³/mol. The third-order valence-corrected chi connectivity index (χ3v) is 5.92. The molecule has 2 aromatic carbocycles. The molecule has 0 unspecified atom stereocenters. The monoisotopic (exact) mass is 443 g/mol. The van der Waals surface area contributed by atoms with Gasteiger partial charge in [0.1, 0.15) is 11.5 Å². The van der Waals surface area contributed by atoms with Gasteiger partial charge in [0, 0.05) is 38.6 Å². The van der Waals surface area contributed by atoms with Crippen molar-refractivity contribution in [2.75, 3.05) is 36.0 Å². The molecule has 2 aliphatic rings. The highest BCUT2D eigenvalue weighted by atomic mass is 19.1. The fourth-order valence-corrected chi connectivity index (χ4v) is 4.23. The number of rotatable bonds is 4. The zero-order valence-electron chi connectivity index (χ0n) is 18.1. The Balaban J connectivity index is 1.52. The maximum absolute atomic E-state index is 14.6. The van der Waals surface area contributed by atoms with E-state index in [0.29, 0.717) is 49.0 Å². The number of piperazine rings is 1. The Kier molecular flexibility index (Phi) is 5.34. The number of nitrogens with zero attached hydrogens (tertiary/aromatic N) is 5. The summed E-state index contributed by atoms with van der Waals surface area (Å²) in [7, 11) is 0. The van der Waals surface area contributed by atoms with Crippen LogP contribution in [0.3, 0.4) is 0 Å². The zero-order valence-corrected chi connectivity index (χ0v) is 18.1. The van der Waals surface area contributed by atoms with Crippen molar-refractivity contribution in [3.8, 4) is 0 Å². The standard InChI is InChI=1S/C25H22FN5O2/c1-17-7-9-18(10-8-17)21-22(24(33)31(23(21)32)20-6-3-2-5-19(20)26)29-13-15-30(16-14-29)25-27-11-4-12-28-25/h2-12H,13-16H2,1H3. The topological polar surface area (TPSA) is 69.6 Å². The Bertz CT molecular complexity index is 1240. The highest BCUT2D eigenvalue weighted by Gasteiger charge is 2.43. The first-order valence-electron chi connectivity index (χ1n) is 10.8. The number of anilines is 2. The summed E-state index contributed by atoms with van der Waals surface area (Å²) in [5.41, 5.74) is 2.25. The van der Waals surface area contributed by atoms with Crippen LogP contribution in [0.15, 0.2) is 72.7 Å². The Labute approximate surface area is 190 Å². The molecule has 33 heavy (non-hydrogen) atoms. The van der Waals surface area contributed by atoms with E-state index >= 15 is 0 Å². The van der Waals surface area contributed by atoms with Gasteiger partial charge < -0.3 is 9.80 Å². The molecule has 3 heterocycles. The first-order chi connectivity index (χ1) is 16.0. The maximum Gasteiger partial charge on any atom is 0.282 e. The number of benzene rings is 2. The van der Waals surface area contributed by atoms with Crippen LogP contribution < -0.4 is 9.80 Å². The van der Waals surface area contributed by atoms with Gasteiger partial charge in [-0.2, -0.15) is 0 Å². The van der Waals surface area contributed by atoms with Crippen molar-refractivity contribution in [1.29, 1.82) is 0 Å². The number of carbonyl (C=O) groups excluding carboxylic acids is 2. The lowest BCUT2D eigenvalue weighted by atomic mass is 10.0. The summed E-state index contributed by atoms with van der Waals surface area (Å²) in [6, 6.07) is 15.1. The molecule has 0 N–H and O–H groups in total. The lowest BCUT2D eigenvalue weighted by molar-refractivity contribution is -0.120. The van der Waals surface area contributed by atoms with E-state index in [0.717, 1.165) is 10.5 Å². The van der Waals surface area contributed by atoms with Crippen molar-refractivity contribution < 1.29 is 14.0 Å². The number of hydrogen-bond acceptors (Lipinski definition) is 6. The largest absolute Gasteiger partial charge is 0.363 e. The molecule has 2 aliphatic heterocycles. The van der Waals surface area contributed by atoms with Crippen LogP contribution in [0.2, 0.25) is 0 Å². The Morgan fingerprint density at radius 3 is 2.09 bits per heavy atom. The SMILES string of the molecule is Cc1ccc(C2=C(N3CCN(c4ncccn4)CC3)C(=O)N(c3ccccc3F)C2=O)cc1. The minimum atomic E-state index is -0.616. The quantitative estimate of drug-likeness (QED) is 0.578. The lowest BCUT2D eigenvalue weighted by Crippen LogP contribution is -2.48. The molecule has 1 aromatic heterocycles. The average Bonchev–Trinajstić information content (AvgIpc) is 3.10. The van der Waals surface area contributed by atoms with Gasteiger partial charge in [-0.15, -0.1) is 0 Å². The molecular weight excluding hydrogens is 421 g/mol. The normalized spacial score (nSPS) is 16.7. The van der Waals surface area contributed by atoms with E-state index in [9.17, 15) is 14.0 Å². The highest BCUT2D eigenvalue weighted by molar-refractivity contribution is 6.45. The molecule has 1 saturated heterocycles. The third kappa shape index (κ3) is 3.73. The molecule has 3 aromatic rings. The van der Waals surface area contributed by atoms with Crippen LogP contribution in [0.4, 0.5) is 16.0 Å². The van der Waals surface area contributed by atoms with Crippen LogP contribution in [0.25, 0.3) is 5.57 Å². The molecule has 0 spiro atoms. The second-order valence-corrected chi connectivity index (χ2v) is 8.01. The molecule has 0 radical (unpaired) electrons. The summed E-state index contributed by atoms with van der Waals surface area (Å²) < 4.78 is 14.6. The molecule has 166 valence electrons. The molecule has 0 saturated carbocycles. The first kappa shape index (κ1) is 20.8. The summed E-state index contributed by atoms with van der Waals surface area (Å²) in [5.74, 6) is -1.01. The van der Waals surface area contributed by atoms with E-state index in [-0.39, 0.29) is 5.69 Å². The fraction of sp³-hybridized carbons (Fsp3) is 0.200. The number of aryl methyl sites for hydroxylation is 1. The molecule has 0 aliphatic carbocycles. The van der Waals surface area contributed by atoms with Crippen LogP contribution in [0, 0.1) is 12.7 Å². The maximum atomic E-state index is 14.6. The van der Waals surface area contributed by atoms with Crippen LogP contribution in [-0.4, -0.2) is 52.9 Å². The van der Waals surface area contributed by atoms with Gasteiger partial charge in [0.15, 0.2) is 0 Å². The van der Waals surface area contributed by atoms with Gasteiger partial charge in [-0.05, 0) is 30.7 Å². The van der Waals surface area contributed by atoms with E-state index < -0.39 is 17.6 Å². The van der Waals surface area contributed by atoms with Crippen LogP contribution in [0.5, 0.6) is 0 Å². The molecule has 2 amide bonds. The molecule has 5 rings (SSSR count). The van der Waals surface area contributed by atoms with Crippen LogP contribution in [-0.2, 0) is 9.59 Å². The molecule has 7 nitrogen and oxygen atoms in total. The van der Waals surface area contributed by atoms with E-state index in [4.69, 9.17) is 0 Å². The van der Waals surface area contributed by atoms with Gasteiger partial charge >= 0.3 is 0 Å². The summed E-state index contributed by atoms with van der Waals surface area (Å²) >= 11 is 0. The van der Waals surface area contributed by atoms with Crippen LogP contribution >= 0.6 is 0 Å². The molecule has 0 bridgehead atoms. The third-order valence-electron chi connectivity index (χ3n) is 5.92. The average molecular weight is 443 g/mol. The number of carbonyl (C=O) groups is 2. The van der Waals surface area contributed by atoms with Gasteiger partial charge in [-0.25, -0.2) is 19.3 Å². The molecule has 1 fully saturated rings. The summed E-state index contributed by atoms with van der Waals surface area (Å²) in [6.07, 6.45) is 3.39. The number of amides is 2. The van der Waals surface area contributed by atoms with Crippen molar-refractivity contribution in [2.45, 2.75) is 6.92 Å². The van der Waals surface area contributed by atoms with Crippen LogP contribution in [0.1, 0.15) is 11.1 Å². The van der Waals surface area contributed by atoms with Gasteiger partial charge in [0.25, 0.3) is 11.8 Å². The number of hydrogen-bond donors (Lipinski definition) is 0. The second-order valence-electron chi connectivity index (χ2n) is 8.01. The van der Waals surface area contributed by atoms with Gasteiger partial charge in [-0.1, -0.05) is 42.0 Å². The fourth-order valence-electron chi connectivity index (χ4n) is 4.23. The first-order valence-corrected chi connectivity index (χ1v) is 10.8. The van der Waals surface area contributed by atoms with Gasteiger partial charge in [-0.3, -0.25) is 9.59 Å². The van der Waals surface area contributed by atoms with Crippen molar-refractivity contribution >= 4 is 29.0 Å². The number of para-hydroxylation sites is 1. The number of halogens is 1. The van der Waals surface area contributed by atoms with E-state index in [1.807, 2.05) is 41.0 Å². The summed E-state index contributed by atoms with van der Waals surface area (Å²) in [6.45, 7) is 4.16. The van der Waals surface area contributed by atoms with Crippen molar-refractivity contribution in [2.24, 2.45) is 0 Å². The minimum absolute atomic E-state index is 0.0385. The molecule has 0 atom stereocenters. The molecule has 8 heteroatoms. The Morgan fingerprint density at radius 2 is 1.42 bits per heavy atom. The Hall–Kier alpha value is -4.07.